The topological polar surface area (TPSA) is 83.7 Å². The van der Waals surface area contributed by atoms with Gasteiger partial charge in [0.25, 0.3) is 11.7 Å². The number of rotatable bonds is 3. The standard InChI is InChI=1S/C17H22N6O2/c1-2-9-21-10-3-6-17(15(21)25)7-4-11-22(17)14(24)13-19-16-18-8-5-12-23(16)20-13/h5,8,12H,2-4,6-7,9-11H2,1H3. The van der Waals surface area contributed by atoms with Crippen molar-refractivity contribution in [3.63, 3.8) is 0 Å². The first-order valence-corrected chi connectivity index (χ1v) is 8.94. The van der Waals surface area contributed by atoms with E-state index in [4.69, 9.17) is 0 Å². The normalized spacial score (nSPS) is 23.8. The smallest absolute Gasteiger partial charge is 0.294 e. The Bertz CT molecular complexity index is 783. The number of likely N-dealkylation sites (tertiary alicyclic amines) is 2. The monoisotopic (exact) mass is 342 g/mol. The van der Waals surface area contributed by atoms with E-state index < -0.39 is 5.54 Å². The molecule has 2 aromatic heterocycles. The Labute approximate surface area is 145 Å². The van der Waals surface area contributed by atoms with Crippen LogP contribution in [0, 0.1) is 0 Å². The van der Waals surface area contributed by atoms with Crippen molar-refractivity contribution in [2.24, 2.45) is 0 Å². The van der Waals surface area contributed by atoms with Gasteiger partial charge in [-0.2, -0.15) is 4.98 Å². The van der Waals surface area contributed by atoms with Crippen molar-refractivity contribution in [3.8, 4) is 0 Å². The highest BCUT2D eigenvalue weighted by Gasteiger charge is 2.53. The van der Waals surface area contributed by atoms with Crippen LogP contribution in [0.15, 0.2) is 18.5 Å². The number of carbonyl (C=O) groups excluding carboxylic acids is 2. The molecule has 1 unspecified atom stereocenters. The molecule has 2 fully saturated rings. The molecule has 8 heteroatoms. The van der Waals surface area contributed by atoms with Gasteiger partial charge >= 0.3 is 0 Å². The molecule has 4 rings (SSSR count). The predicted octanol–water partition coefficient (Wildman–Crippen LogP) is 1.13. The van der Waals surface area contributed by atoms with Crippen LogP contribution in [-0.2, 0) is 4.79 Å². The molecule has 0 aliphatic carbocycles. The van der Waals surface area contributed by atoms with Crippen molar-refractivity contribution in [2.45, 2.75) is 44.6 Å². The first-order valence-electron chi connectivity index (χ1n) is 8.94. The van der Waals surface area contributed by atoms with Gasteiger partial charge in [0, 0.05) is 32.0 Å². The maximum absolute atomic E-state index is 13.1. The van der Waals surface area contributed by atoms with Gasteiger partial charge in [-0.05, 0) is 38.2 Å². The molecule has 0 bridgehead atoms. The van der Waals surface area contributed by atoms with Crippen molar-refractivity contribution < 1.29 is 9.59 Å². The lowest BCUT2D eigenvalue weighted by atomic mass is 9.85. The van der Waals surface area contributed by atoms with E-state index in [1.807, 2.05) is 4.90 Å². The van der Waals surface area contributed by atoms with Gasteiger partial charge in [-0.1, -0.05) is 6.92 Å². The number of amides is 2. The molecular formula is C17H22N6O2. The Balaban J connectivity index is 1.66. The summed E-state index contributed by atoms with van der Waals surface area (Å²) in [6, 6.07) is 1.74. The maximum Gasteiger partial charge on any atom is 0.294 e. The van der Waals surface area contributed by atoms with Crippen molar-refractivity contribution in [3.05, 3.63) is 24.3 Å². The summed E-state index contributed by atoms with van der Waals surface area (Å²) in [4.78, 5) is 38.2. The highest BCUT2D eigenvalue weighted by Crippen LogP contribution is 2.39. The van der Waals surface area contributed by atoms with E-state index in [1.54, 1.807) is 23.4 Å². The summed E-state index contributed by atoms with van der Waals surface area (Å²) in [5.74, 6) is 0.324. The Morgan fingerprint density at radius 2 is 2.08 bits per heavy atom. The molecule has 2 amide bonds. The summed E-state index contributed by atoms with van der Waals surface area (Å²) in [6.45, 7) is 4.18. The van der Waals surface area contributed by atoms with Gasteiger partial charge in [0.05, 0.1) is 0 Å². The number of hydrogen-bond acceptors (Lipinski definition) is 5. The maximum atomic E-state index is 13.1. The minimum Gasteiger partial charge on any atom is -0.341 e. The molecule has 2 aliphatic heterocycles. The van der Waals surface area contributed by atoms with Crippen LogP contribution in [0.2, 0.25) is 0 Å². The van der Waals surface area contributed by atoms with Gasteiger partial charge in [0.2, 0.25) is 11.7 Å². The van der Waals surface area contributed by atoms with Crippen LogP contribution < -0.4 is 0 Å². The minimum atomic E-state index is -0.713. The van der Waals surface area contributed by atoms with Crippen molar-refractivity contribution >= 4 is 17.6 Å². The van der Waals surface area contributed by atoms with Gasteiger partial charge in [-0.3, -0.25) is 9.59 Å². The van der Waals surface area contributed by atoms with E-state index in [0.29, 0.717) is 12.3 Å². The number of piperidine rings is 1. The minimum absolute atomic E-state index is 0.0911. The number of hydrogen-bond donors (Lipinski definition) is 0. The Morgan fingerprint density at radius 1 is 1.28 bits per heavy atom. The van der Waals surface area contributed by atoms with Crippen LogP contribution in [0.5, 0.6) is 0 Å². The van der Waals surface area contributed by atoms with Gasteiger partial charge in [0.1, 0.15) is 5.54 Å². The third-order valence-electron chi connectivity index (χ3n) is 5.24. The summed E-state index contributed by atoms with van der Waals surface area (Å²) in [7, 11) is 0. The van der Waals surface area contributed by atoms with Crippen LogP contribution >= 0.6 is 0 Å². The molecule has 0 aromatic carbocycles. The molecule has 0 saturated carbocycles. The highest BCUT2D eigenvalue weighted by molar-refractivity contribution is 5.98. The molecule has 4 heterocycles. The number of carbonyl (C=O) groups is 2. The molecule has 0 radical (unpaired) electrons. The van der Waals surface area contributed by atoms with E-state index in [-0.39, 0.29) is 17.6 Å². The zero-order chi connectivity index (χ0) is 17.4. The van der Waals surface area contributed by atoms with Gasteiger partial charge in [-0.15, -0.1) is 5.10 Å². The van der Waals surface area contributed by atoms with Crippen molar-refractivity contribution in [1.82, 2.24) is 29.4 Å². The average molecular weight is 342 g/mol. The second-order valence-electron chi connectivity index (χ2n) is 6.79. The lowest BCUT2D eigenvalue weighted by molar-refractivity contribution is -0.145. The van der Waals surface area contributed by atoms with Crippen LogP contribution in [0.4, 0.5) is 0 Å². The third-order valence-corrected chi connectivity index (χ3v) is 5.24. The first-order chi connectivity index (χ1) is 12.2. The molecule has 8 nitrogen and oxygen atoms in total. The Kier molecular flexibility index (Phi) is 3.89. The fourth-order valence-electron chi connectivity index (χ4n) is 4.15. The lowest BCUT2D eigenvalue weighted by Gasteiger charge is -2.44. The van der Waals surface area contributed by atoms with Crippen LogP contribution in [0.3, 0.4) is 0 Å². The molecule has 2 saturated heterocycles. The molecule has 0 N–H and O–H groups in total. The van der Waals surface area contributed by atoms with Crippen molar-refractivity contribution in [2.75, 3.05) is 19.6 Å². The summed E-state index contributed by atoms with van der Waals surface area (Å²) in [5.41, 5.74) is -0.713. The highest BCUT2D eigenvalue weighted by atomic mass is 16.2. The van der Waals surface area contributed by atoms with Crippen LogP contribution in [0.25, 0.3) is 5.78 Å². The molecule has 132 valence electrons. The Hall–Kier alpha value is -2.51. The van der Waals surface area contributed by atoms with E-state index in [1.165, 1.54) is 4.52 Å². The van der Waals surface area contributed by atoms with E-state index in [9.17, 15) is 9.59 Å². The molecule has 1 atom stereocenters. The summed E-state index contributed by atoms with van der Waals surface area (Å²) >= 11 is 0. The Morgan fingerprint density at radius 3 is 2.84 bits per heavy atom. The van der Waals surface area contributed by atoms with Gasteiger partial charge in [-0.25, -0.2) is 9.50 Å². The summed E-state index contributed by atoms with van der Waals surface area (Å²) in [5, 5.41) is 4.24. The van der Waals surface area contributed by atoms with E-state index >= 15 is 0 Å². The number of fused-ring (bicyclic) bond motifs is 1. The second kappa shape index (κ2) is 6.09. The molecule has 2 aliphatic rings. The fourth-order valence-corrected chi connectivity index (χ4v) is 4.15. The van der Waals surface area contributed by atoms with Crippen LogP contribution in [-0.4, -0.2) is 66.4 Å². The number of nitrogens with zero attached hydrogens (tertiary/aromatic N) is 6. The lowest BCUT2D eigenvalue weighted by Crippen LogP contribution is -2.61. The SMILES string of the molecule is CCCN1CCCC2(CCCN2C(=O)c2nc3ncccn3n2)C1=O. The zero-order valence-electron chi connectivity index (χ0n) is 14.4. The summed E-state index contributed by atoms with van der Waals surface area (Å²) in [6.07, 6.45) is 7.46. The fraction of sp³-hybridized carbons (Fsp3) is 0.588. The van der Waals surface area contributed by atoms with E-state index in [2.05, 4.69) is 22.0 Å². The summed E-state index contributed by atoms with van der Waals surface area (Å²) < 4.78 is 1.49. The average Bonchev–Trinajstić information content (AvgIpc) is 3.23. The predicted molar refractivity (Wildman–Crippen MR) is 89.9 cm³/mol. The quantitative estimate of drug-likeness (QED) is 0.835. The van der Waals surface area contributed by atoms with Gasteiger partial charge in [0.15, 0.2) is 0 Å². The molecule has 25 heavy (non-hydrogen) atoms. The molecular weight excluding hydrogens is 320 g/mol. The number of aromatic nitrogens is 4. The second-order valence-corrected chi connectivity index (χ2v) is 6.79. The van der Waals surface area contributed by atoms with Crippen molar-refractivity contribution in [1.29, 1.82) is 0 Å². The van der Waals surface area contributed by atoms with Crippen LogP contribution in [0.1, 0.15) is 49.6 Å². The van der Waals surface area contributed by atoms with E-state index in [0.717, 1.165) is 45.2 Å². The third kappa shape index (κ3) is 2.47. The first kappa shape index (κ1) is 16.0. The largest absolute Gasteiger partial charge is 0.341 e. The van der Waals surface area contributed by atoms with Gasteiger partial charge < -0.3 is 9.80 Å². The zero-order valence-corrected chi connectivity index (χ0v) is 14.4. The molecule has 1 spiro atoms. The molecule has 2 aromatic rings.